The molecule has 1 amide bonds. The Morgan fingerprint density at radius 3 is 2.52 bits per heavy atom. The molecule has 0 bridgehead atoms. The Bertz CT molecular complexity index is 874. The van der Waals surface area contributed by atoms with Crippen LogP contribution in [0.1, 0.15) is 17.8 Å². The van der Waals surface area contributed by atoms with Crippen molar-refractivity contribution in [3.8, 4) is 0 Å². The van der Waals surface area contributed by atoms with Crippen LogP contribution in [-0.2, 0) is 14.8 Å². The van der Waals surface area contributed by atoms with Crippen LogP contribution in [-0.4, -0.2) is 68.2 Å². The standard InChI is InChI=1S/C17H22ClN3O3S3/c1-13(14-4-3-11-25-14)19(2)16(22)12-20-7-9-21(10-8-20)27(23,24)17-6-5-15(18)26-17/h3-6,11,13H,7-10,12H2,1-2H3. The van der Waals surface area contributed by atoms with Gasteiger partial charge in [-0.15, -0.1) is 22.7 Å². The summed E-state index contributed by atoms with van der Waals surface area (Å²) in [5.41, 5.74) is 0. The Balaban J connectivity index is 1.54. The van der Waals surface area contributed by atoms with Crippen molar-refractivity contribution in [2.24, 2.45) is 0 Å². The maximum atomic E-state index is 12.6. The molecule has 1 fully saturated rings. The summed E-state index contributed by atoms with van der Waals surface area (Å²) in [6.45, 7) is 4.12. The number of thiophene rings is 2. The maximum absolute atomic E-state index is 12.6. The monoisotopic (exact) mass is 447 g/mol. The fourth-order valence-corrected chi connectivity index (χ4v) is 6.82. The van der Waals surface area contributed by atoms with Crippen LogP contribution < -0.4 is 0 Å². The summed E-state index contributed by atoms with van der Waals surface area (Å²) in [4.78, 5) is 17.5. The molecule has 0 N–H and O–H groups in total. The lowest BCUT2D eigenvalue weighted by Gasteiger charge is -2.34. The number of hydrogen-bond donors (Lipinski definition) is 0. The van der Waals surface area contributed by atoms with Crippen LogP contribution in [0.25, 0.3) is 0 Å². The molecule has 1 unspecified atom stereocenters. The van der Waals surface area contributed by atoms with E-state index in [1.165, 1.54) is 4.31 Å². The van der Waals surface area contributed by atoms with Crippen molar-refractivity contribution >= 4 is 50.2 Å². The Morgan fingerprint density at radius 2 is 1.96 bits per heavy atom. The number of amides is 1. The third-order valence-corrected chi connectivity index (χ3v) is 9.40. The van der Waals surface area contributed by atoms with Gasteiger partial charge in [0.2, 0.25) is 5.91 Å². The van der Waals surface area contributed by atoms with Gasteiger partial charge in [-0.3, -0.25) is 9.69 Å². The van der Waals surface area contributed by atoms with Gasteiger partial charge in [-0.1, -0.05) is 17.7 Å². The Kier molecular flexibility index (Phi) is 6.60. The fraction of sp³-hybridized carbons (Fsp3) is 0.471. The quantitative estimate of drug-likeness (QED) is 0.683. The molecule has 10 heteroatoms. The normalized spacial score (nSPS) is 17.7. The summed E-state index contributed by atoms with van der Waals surface area (Å²) in [7, 11) is -1.69. The van der Waals surface area contributed by atoms with Gasteiger partial charge in [-0.05, 0) is 30.5 Å². The van der Waals surface area contributed by atoms with E-state index in [9.17, 15) is 13.2 Å². The zero-order chi connectivity index (χ0) is 19.6. The number of nitrogens with zero attached hydrogens (tertiary/aromatic N) is 3. The third kappa shape index (κ3) is 4.72. The predicted molar refractivity (Wildman–Crippen MR) is 110 cm³/mol. The van der Waals surface area contributed by atoms with E-state index in [1.807, 2.05) is 36.4 Å². The first-order chi connectivity index (χ1) is 12.8. The minimum Gasteiger partial charge on any atom is -0.337 e. The Hall–Kier alpha value is -0.970. The largest absolute Gasteiger partial charge is 0.337 e. The minimum absolute atomic E-state index is 0.0303. The van der Waals surface area contributed by atoms with E-state index in [-0.39, 0.29) is 16.2 Å². The number of carbonyl (C=O) groups excluding carboxylic acids is 1. The van der Waals surface area contributed by atoms with Gasteiger partial charge < -0.3 is 4.90 Å². The summed E-state index contributed by atoms with van der Waals surface area (Å²) in [5, 5.41) is 2.00. The van der Waals surface area contributed by atoms with Gasteiger partial charge in [-0.25, -0.2) is 8.42 Å². The van der Waals surface area contributed by atoms with E-state index in [0.29, 0.717) is 37.1 Å². The van der Waals surface area contributed by atoms with Crippen LogP contribution >= 0.6 is 34.3 Å². The van der Waals surface area contributed by atoms with Gasteiger partial charge in [0, 0.05) is 38.1 Å². The molecular formula is C17H22ClN3O3S3. The van der Waals surface area contributed by atoms with E-state index in [2.05, 4.69) is 0 Å². The van der Waals surface area contributed by atoms with Crippen molar-refractivity contribution in [1.82, 2.24) is 14.1 Å². The number of likely N-dealkylation sites (N-methyl/N-ethyl adjacent to an activating group) is 1. The van der Waals surface area contributed by atoms with E-state index in [4.69, 9.17) is 11.6 Å². The zero-order valence-corrected chi connectivity index (χ0v) is 18.4. The third-order valence-electron chi connectivity index (χ3n) is 4.76. The molecule has 3 rings (SSSR count). The first kappa shape index (κ1) is 20.8. The average Bonchev–Trinajstić information content (AvgIpc) is 3.33. The summed E-state index contributed by atoms with van der Waals surface area (Å²) in [5.74, 6) is 0.0391. The lowest BCUT2D eigenvalue weighted by Crippen LogP contribution is -2.51. The lowest BCUT2D eigenvalue weighted by molar-refractivity contribution is -0.133. The SMILES string of the molecule is CC(c1cccs1)N(C)C(=O)CN1CCN(S(=O)(=O)c2ccc(Cl)s2)CC1. The summed E-state index contributed by atoms with van der Waals surface area (Å²) in [6, 6.07) is 7.18. The summed E-state index contributed by atoms with van der Waals surface area (Å²) in [6.07, 6.45) is 0. The van der Waals surface area contributed by atoms with Gasteiger partial charge in [0.15, 0.2) is 0 Å². The second kappa shape index (κ2) is 8.59. The van der Waals surface area contributed by atoms with Crippen LogP contribution in [0.2, 0.25) is 4.34 Å². The first-order valence-electron chi connectivity index (χ1n) is 8.56. The lowest BCUT2D eigenvalue weighted by atomic mass is 10.2. The van der Waals surface area contributed by atoms with Crippen molar-refractivity contribution in [2.45, 2.75) is 17.2 Å². The van der Waals surface area contributed by atoms with Gasteiger partial charge in [0.1, 0.15) is 4.21 Å². The van der Waals surface area contributed by atoms with Crippen LogP contribution in [0.4, 0.5) is 0 Å². The predicted octanol–water partition coefficient (Wildman–Crippen LogP) is 2.99. The molecule has 6 nitrogen and oxygen atoms in total. The highest BCUT2D eigenvalue weighted by molar-refractivity contribution is 7.91. The number of hydrogen-bond acceptors (Lipinski definition) is 6. The highest BCUT2D eigenvalue weighted by Gasteiger charge is 2.31. The number of carbonyl (C=O) groups is 1. The highest BCUT2D eigenvalue weighted by Crippen LogP contribution is 2.28. The van der Waals surface area contributed by atoms with Crippen molar-refractivity contribution in [1.29, 1.82) is 0 Å². The molecule has 0 saturated carbocycles. The van der Waals surface area contributed by atoms with E-state index >= 15 is 0 Å². The fourth-order valence-electron chi connectivity index (χ4n) is 2.93. The molecule has 0 spiro atoms. The van der Waals surface area contributed by atoms with E-state index < -0.39 is 10.0 Å². The van der Waals surface area contributed by atoms with Gasteiger partial charge in [0.05, 0.1) is 16.9 Å². The molecule has 1 aliphatic heterocycles. The number of rotatable bonds is 6. The van der Waals surface area contributed by atoms with Crippen LogP contribution in [0.3, 0.4) is 0 Å². The van der Waals surface area contributed by atoms with Crippen molar-refractivity contribution in [3.05, 3.63) is 38.9 Å². The highest BCUT2D eigenvalue weighted by atomic mass is 35.5. The number of sulfonamides is 1. The summed E-state index contributed by atoms with van der Waals surface area (Å²) < 4.78 is 27.5. The van der Waals surface area contributed by atoms with E-state index in [1.54, 1.807) is 28.4 Å². The van der Waals surface area contributed by atoms with Gasteiger partial charge in [-0.2, -0.15) is 4.31 Å². The molecule has 1 aliphatic rings. The second-order valence-corrected chi connectivity index (χ2v) is 11.3. The van der Waals surface area contributed by atoms with Crippen molar-refractivity contribution < 1.29 is 13.2 Å². The molecule has 0 aliphatic carbocycles. The number of halogens is 1. The zero-order valence-electron chi connectivity index (χ0n) is 15.2. The second-order valence-electron chi connectivity index (χ2n) is 6.43. The first-order valence-corrected chi connectivity index (χ1v) is 12.1. The molecule has 1 saturated heterocycles. The Morgan fingerprint density at radius 1 is 1.26 bits per heavy atom. The van der Waals surface area contributed by atoms with Crippen LogP contribution in [0.15, 0.2) is 33.9 Å². The molecular weight excluding hydrogens is 426 g/mol. The molecule has 2 aromatic heterocycles. The number of piperazine rings is 1. The topological polar surface area (TPSA) is 60.9 Å². The van der Waals surface area contributed by atoms with Crippen LogP contribution in [0, 0.1) is 0 Å². The average molecular weight is 448 g/mol. The van der Waals surface area contributed by atoms with Gasteiger partial charge >= 0.3 is 0 Å². The summed E-state index contributed by atoms with van der Waals surface area (Å²) >= 11 is 8.57. The Labute approximate surface area is 173 Å². The molecule has 0 radical (unpaired) electrons. The molecule has 0 aromatic carbocycles. The molecule has 3 heterocycles. The molecule has 27 heavy (non-hydrogen) atoms. The minimum atomic E-state index is -3.51. The van der Waals surface area contributed by atoms with Gasteiger partial charge in [0.25, 0.3) is 10.0 Å². The molecule has 1 atom stereocenters. The molecule has 148 valence electrons. The molecule has 2 aromatic rings. The van der Waals surface area contributed by atoms with Crippen LogP contribution in [0.5, 0.6) is 0 Å². The van der Waals surface area contributed by atoms with Crippen molar-refractivity contribution in [2.75, 3.05) is 39.8 Å². The van der Waals surface area contributed by atoms with Crippen molar-refractivity contribution in [3.63, 3.8) is 0 Å². The van der Waals surface area contributed by atoms with E-state index in [0.717, 1.165) is 16.2 Å². The smallest absolute Gasteiger partial charge is 0.252 e. The maximum Gasteiger partial charge on any atom is 0.252 e.